The smallest absolute Gasteiger partial charge is 0.328 e. The van der Waals surface area contributed by atoms with Crippen LogP contribution in [0.3, 0.4) is 0 Å². The van der Waals surface area contributed by atoms with Crippen molar-refractivity contribution in [1.82, 2.24) is 10.2 Å². The van der Waals surface area contributed by atoms with Crippen LogP contribution in [0.2, 0.25) is 0 Å². The largest absolute Gasteiger partial charge is 0.493 e. The van der Waals surface area contributed by atoms with Gasteiger partial charge in [-0.25, -0.2) is 9.59 Å². The number of benzene rings is 4. The minimum absolute atomic E-state index is 0.00465. The molecule has 274 valence electrons. The Morgan fingerprint density at radius 1 is 0.865 bits per heavy atom. The van der Waals surface area contributed by atoms with Crippen molar-refractivity contribution in [3.63, 3.8) is 0 Å². The summed E-state index contributed by atoms with van der Waals surface area (Å²) in [6.45, 7) is 4.39. The fourth-order valence-electron chi connectivity index (χ4n) is 6.95. The first-order valence-electron chi connectivity index (χ1n) is 17.5. The van der Waals surface area contributed by atoms with Gasteiger partial charge in [0.1, 0.15) is 6.04 Å². The van der Waals surface area contributed by atoms with Gasteiger partial charge in [0.2, 0.25) is 0 Å². The number of hydrogen-bond acceptors (Lipinski definition) is 9. The highest BCUT2D eigenvalue weighted by atomic mass is 16.7. The number of ether oxygens (including phenoxy) is 5. The monoisotopic (exact) mass is 709 g/mol. The van der Waals surface area contributed by atoms with Gasteiger partial charge in [-0.1, -0.05) is 73.7 Å². The normalized spacial score (nSPS) is 20.6. The molecule has 6 rings (SSSR count). The van der Waals surface area contributed by atoms with Gasteiger partial charge in [0.15, 0.2) is 17.8 Å². The zero-order chi connectivity index (χ0) is 36.6. The quantitative estimate of drug-likeness (QED) is 0.153. The summed E-state index contributed by atoms with van der Waals surface area (Å²) in [5.41, 5.74) is 6.41. The molecule has 3 N–H and O–H groups in total. The summed E-state index contributed by atoms with van der Waals surface area (Å²) in [6.07, 6.45) is -0.0510. The van der Waals surface area contributed by atoms with Crippen LogP contribution in [-0.4, -0.2) is 68.6 Å². The third-order valence-corrected chi connectivity index (χ3v) is 9.85. The van der Waals surface area contributed by atoms with E-state index in [0.717, 1.165) is 47.5 Å². The number of anilines is 1. The summed E-state index contributed by atoms with van der Waals surface area (Å²) in [7, 11) is 4.61. The molecular weight excluding hydrogens is 662 g/mol. The van der Waals surface area contributed by atoms with Crippen molar-refractivity contribution in [3.05, 3.63) is 124 Å². The number of carbonyl (C=O) groups excluding carboxylic acids is 2. The lowest BCUT2D eigenvalue weighted by molar-refractivity contribution is -0.276. The van der Waals surface area contributed by atoms with Crippen molar-refractivity contribution in [2.24, 2.45) is 5.92 Å². The van der Waals surface area contributed by atoms with Gasteiger partial charge in [0.05, 0.1) is 40.1 Å². The highest BCUT2D eigenvalue weighted by Gasteiger charge is 2.39. The summed E-state index contributed by atoms with van der Waals surface area (Å²) in [5.74, 6) is 0.907. The predicted octanol–water partition coefficient (Wildman–Crippen LogP) is 5.95. The van der Waals surface area contributed by atoms with Crippen molar-refractivity contribution >= 4 is 17.7 Å². The summed E-state index contributed by atoms with van der Waals surface area (Å²) >= 11 is 0. The van der Waals surface area contributed by atoms with E-state index in [2.05, 4.69) is 34.6 Å². The molecule has 4 aromatic rings. The molecule has 0 saturated carbocycles. The van der Waals surface area contributed by atoms with Gasteiger partial charge in [0, 0.05) is 43.2 Å². The van der Waals surface area contributed by atoms with Crippen LogP contribution in [0, 0.1) is 5.92 Å². The minimum atomic E-state index is -0.870. The summed E-state index contributed by atoms with van der Waals surface area (Å²) in [6, 6.07) is 27.3. The molecule has 0 radical (unpaired) electrons. The van der Waals surface area contributed by atoms with Gasteiger partial charge in [0.25, 0.3) is 0 Å². The zero-order valence-corrected chi connectivity index (χ0v) is 30.0. The van der Waals surface area contributed by atoms with Crippen molar-refractivity contribution in [3.8, 4) is 11.5 Å². The van der Waals surface area contributed by atoms with E-state index >= 15 is 0 Å². The van der Waals surface area contributed by atoms with E-state index < -0.39 is 24.3 Å². The first kappa shape index (κ1) is 36.8. The van der Waals surface area contributed by atoms with E-state index in [1.807, 2.05) is 72.8 Å². The van der Waals surface area contributed by atoms with Crippen LogP contribution in [-0.2, 0) is 45.0 Å². The lowest BCUT2D eigenvalue weighted by atomic mass is 9.89. The van der Waals surface area contributed by atoms with E-state index in [9.17, 15) is 14.7 Å². The fraction of sp³-hybridized carbons (Fsp3) is 0.366. The second-order valence-electron chi connectivity index (χ2n) is 13.3. The summed E-state index contributed by atoms with van der Waals surface area (Å²) in [4.78, 5) is 28.1. The highest BCUT2D eigenvalue weighted by Crippen LogP contribution is 2.43. The first-order valence-corrected chi connectivity index (χ1v) is 17.5. The van der Waals surface area contributed by atoms with Crippen LogP contribution in [0.15, 0.2) is 91.0 Å². The zero-order valence-electron chi connectivity index (χ0n) is 30.0. The molecule has 1 saturated heterocycles. The SMILES string of the molecule is COC(=O)C(Cc1ccccc1)NC(=O)Nc1cccc(C2OC(CN3CCc4cc(OC)c(OC)cc4C3)C(C)C(c3ccc(CO)cc3)O2)c1. The van der Waals surface area contributed by atoms with Crippen molar-refractivity contribution < 1.29 is 38.4 Å². The molecule has 52 heavy (non-hydrogen) atoms. The number of nitrogens with zero attached hydrogens (tertiary/aromatic N) is 1. The average Bonchev–Trinajstić information content (AvgIpc) is 3.18. The predicted molar refractivity (Wildman–Crippen MR) is 196 cm³/mol. The topological polar surface area (TPSA) is 128 Å². The lowest BCUT2D eigenvalue weighted by Gasteiger charge is -2.43. The van der Waals surface area contributed by atoms with Crippen LogP contribution in [0.1, 0.15) is 52.7 Å². The second kappa shape index (κ2) is 17.1. The molecule has 1 fully saturated rings. The molecule has 0 spiro atoms. The van der Waals surface area contributed by atoms with Gasteiger partial charge < -0.3 is 39.4 Å². The molecular formula is C41H47N3O8. The molecule has 2 heterocycles. The molecule has 2 amide bonds. The van der Waals surface area contributed by atoms with E-state index in [4.69, 9.17) is 23.7 Å². The van der Waals surface area contributed by atoms with Crippen LogP contribution in [0.4, 0.5) is 10.5 Å². The number of nitrogens with one attached hydrogen (secondary N) is 2. The molecule has 11 heteroatoms. The maximum absolute atomic E-state index is 13.2. The first-order chi connectivity index (χ1) is 25.3. The number of methoxy groups -OCH3 is 3. The van der Waals surface area contributed by atoms with Crippen molar-refractivity contribution in [1.29, 1.82) is 0 Å². The summed E-state index contributed by atoms with van der Waals surface area (Å²) < 4.78 is 29.5. The molecule has 2 aliphatic heterocycles. The maximum atomic E-state index is 13.2. The van der Waals surface area contributed by atoms with Gasteiger partial charge >= 0.3 is 12.0 Å². The standard InChI is InChI=1S/C41H47N3O8/c1-26-37(24-44-18-17-30-21-35(48-2)36(49-3)22-32(30)23-44)51-40(52-38(26)29-15-13-28(25-45)14-16-29)31-11-8-12-33(20-31)42-41(47)43-34(39(46)50-4)19-27-9-6-5-7-10-27/h5-16,20-22,26,34,37-38,40,45H,17-19,23-25H2,1-4H3,(H2,42,43,47). The Labute approximate surface area is 304 Å². The fourth-order valence-corrected chi connectivity index (χ4v) is 6.95. The molecule has 2 aliphatic rings. The van der Waals surface area contributed by atoms with Gasteiger partial charge in [-0.3, -0.25) is 4.90 Å². The van der Waals surface area contributed by atoms with Crippen LogP contribution in [0.25, 0.3) is 0 Å². The number of hydrogen-bond donors (Lipinski definition) is 3. The molecule has 0 aromatic heterocycles. The Hall–Kier alpha value is -4.94. The number of amides is 2. The van der Waals surface area contributed by atoms with Gasteiger partial charge in [-0.2, -0.15) is 0 Å². The number of urea groups is 1. The van der Waals surface area contributed by atoms with Crippen molar-refractivity contribution in [2.45, 2.75) is 57.5 Å². The van der Waals surface area contributed by atoms with Crippen molar-refractivity contribution in [2.75, 3.05) is 39.7 Å². The Morgan fingerprint density at radius 2 is 1.60 bits per heavy atom. The second-order valence-corrected chi connectivity index (χ2v) is 13.3. The number of carbonyl (C=O) groups is 2. The third-order valence-electron chi connectivity index (χ3n) is 9.85. The Kier molecular flexibility index (Phi) is 12.1. The number of aliphatic hydroxyl groups excluding tert-OH is 1. The van der Waals surface area contributed by atoms with E-state index in [0.29, 0.717) is 18.0 Å². The molecule has 5 atom stereocenters. The molecule has 11 nitrogen and oxygen atoms in total. The van der Waals surface area contributed by atoms with Gasteiger partial charge in [-0.05, 0) is 58.5 Å². The van der Waals surface area contributed by atoms with Crippen LogP contribution >= 0.6 is 0 Å². The van der Waals surface area contributed by atoms with E-state index in [1.165, 1.54) is 18.2 Å². The molecule has 5 unspecified atom stereocenters. The minimum Gasteiger partial charge on any atom is -0.493 e. The van der Waals surface area contributed by atoms with Crippen LogP contribution < -0.4 is 20.1 Å². The van der Waals surface area contributed by atoms with E-state index in [1.54, 1.807) is 20.3 Å². The Bertz CT molecular complexity index is 1820. The highest BCUT2D eigenvalue weighted by molar-refractivity contribution is 5.92. The number of aliphatic hydroxyl groups is 1. The van der Waals surface area contributed by atoms with E-state index in [-0.39, 0.29) is 31.2 Å². The Morgan fingerprint density at radius 3 is 2.29 bits per heavy atom. The maximum Gasteiger partial charge on any atom is 0.328 e. The summed E-state index contributed by atoms with van der Waals surface area (Å²) in [5, 5.41) is 15.3. The van der Waals surface area contributed by atoms with Gasteiger partial charge in [-0.15, -0.1) is 0 Å². The van der Waals surface area contributed by atoms with Crippen LogP contribution in [0.5, 0.6) is 11.5 Å². The number of fused-ring (bicyclic) bond motifs is 1. The molecule has 4 aromatic carbocycles. The lowest BCUT2D eigenvalue weighted by Crippen LogP contribution is -2.45. The number of esters is 1. The Balaban J connectivity index is 1.20. The molecule has 0 bridgehead atoms. The molecule has 0 aliphatic carbocycles. The number of rotatable bonds is 12. The third kappa shape index (κ3) is 8.74. The average molecular weight is 710 g/mol.